The van der Waals surface area contributed by atoms with Crippen LogP contribution in [0.1, 0.15) is 26.6 Å². The molecule has 9 nitrogen and oxygen atoms in total. The Morgan fingerprint density at radius 2 is 1.87 bits per heavy atom. The molecule has 2 aromatic heterocycles. The summed E-state index contributed by atoms with van der Waals surface area (Å²) in [6, 6.07) is 14.0. The molecule has 0 fully saturated rings. The summed E-state index contributed by atoms with van der Waals surface area (Å²) in [7, 11) is 1.43. The van der Waals surface area contributed by atoms with Crippen molar-refractivity contribution in [1.82, 2.24) is 4.57 Å². The minimum Gasteiger partial charge on any atom is -0.496 e. The van der Waals surface area contributed by atoms with Gasteiger partial charge in [-0.25, -0.2) is 0 Å². The van der Waals surface area contributed by atoms with Crippen molar-refractivity contribution >= 4 is 28.4 Å². The van der Waals surface area contributed by atoms with E-state index in [4.69, 9.17) is 14.9 Å². The molecule has 2 aromatic carbocycles. The van der Waals surface area contributed by atoms with Crippen LogP contribution in [0.2, 0.25) is 0 Å². The van der Waals surface area contributed by atoms with Crippen LogP contribution in [-0.2, 0) is 0 Å². The number of primary amides is 1. The molecule has 1 amide bonds. The standard InChI is InChI=1S/C22H17N3O6/c1-12-20(21(23)26)14-5-3-4-6-16(14)24(12)22(27)19-10-9-18(31-19)15-11-13(25(28)29)7-8-17(15)30-2/h3-11H,1-2H3,(H2,23,26). The fraction of sp³-hybridized carbons (Fsp3) is 0.0909. The average Bonchev–Trinajstić information content (AvgIpc) is 3.35. The molecular weight excluding hydrogens is 402 g/mol. The van der Waals surface area contributed by atoms with Gasteiger partial charge in [-0.05, 0) is 31.2 Å². The third kappa shape index (κ3) is 3.21. The highest BCUT2D eigenvalue weighted by Crippen LogP contribution is 2.35. The van der Waals surface area contributed by atoms with E-state index >= 15 is 0 Å². The number of nitrogens with zero attached hydrogens (tertiary/aromatic N) is 2. The minimum absolute atomic E-state index is 0.0107. The number of nitro groups is 1. The number of benzene rings is 2. The van der Waals surface area contributed by atoms with Crippen LogP contribution in [0.4, 0.5) is 5.69 Å². The molecule has 0 spiro atoms. The number of ether oxygens (including phenoxy) is 1. The Hall–Kier alpha value is -4.40. The topological polar surface area (TPSA) is 131 Å². The van der Waals surface area contributed by atoms with Crippen LogP contribution in [0.25, 0.3) is 22.2 Å². The Morgan fingerprint density at radius 3 is 2.55 bits per heavy atom. The average molecular weight is 419 g/mol. The number of nitrogens with two attached hydrogens (primary N) is 1. The molecule has 4 rings (SSSR count). The molecule has 0 aliphatic rings. The normalized spacial score (nSPS) is 10.9. The number of aromatic nitrogens is 1. The molecule has 0 unspecified atom stereocenters. The van der Waals surface area contributed by atoms with E-state index < -0.39 is 16.7 Å². The van der Waals surface area contributed by atoms with E-state index in [1.165, 1.54) is 42.0 Å². The van der Waals surface area contributed by atoms with E-state index in [2.05, 4.69) is 0 Å². The Labute approximate surface area is 175 Å². The summed E-state index contributed by atoms with van der Waals surface area (Å²) in [5.74, 6) is -0.562. The number of carbonyl (C=O) groups is 2. The third-order valence-corrected chi connectivity index (χ3v) is 5.04. The van der Waals surface area contributed by atoms with E-state index in [0.29, 0.717) is 27.9 Å². The van der Waals surface area contributed by atoms with Gasteiger partial charge in [0.1, 0.15) is 11.5 Å². The Kier molecular flexibility index (Phi) is 4.78. The highest BCUT2D eigenvalue weighted by Gasteiger charge is 2.25. The lowest BCUT2D eigenvalue weighted by Gasteiger charge is -2.07. The van der Waals surface area contributed by atoms with E-state index in [1.54, 1.807) is 31.2 Å². The Morgan fingerprint density at radius 1 is 1.13 bits per heavy atom. The van der Waals surface area contributed by atoms with Crippen molar-refractivity contribution in [1.29, 1.82) is 0 Å². The van der Waals surface area contributed by atoms with Gasteiger partial charge in [0.2, 0.25) is 0 Å². The van der Waals surface area contributed by atoms with Crippen molar-refractivity contribution in [2.45, 2.75) is 6.92 Å². The summed E-state index contributed by atoms with van der Waals surface area (Å²) in [6.07, 6.45) is 0. The van der Waals surface area contributed by atoms with Crippen molar-refractivity contribution in [3.63, 3.8) is 0 Å². The van der Waals surface area contributed by atoms with Crippen LogP contribution in [0.15, 0.2) is 59.0 Å². The molecule has 0 radical (unpaired) electrons. The second-order valence-electron chi connectivity index (χ2n) is 6.79. The number of fused-ring (bicyclic) bond motifs is 1. The summed E-state index contributed by atoms with van der Waals surface area (Å²) < 4.78 is 12.4. The van der Waals surface area contributed by atoms with Gasteiger partial charge in [-0.2, -0.15) is 0 Å². The molecular formula is C22H17N3O6. The van der Waals surface area contributed by atoms with Gasteiger partial charge in [0.15, 0.2) is 5.76 Å². The highest BCUT2D eigenvalue weighted by molar-refractivity contribution is 6.12. The maximum atomic E-state index is 13.3. The number of furan rings is 1. The van der Waals surface area contributed by atoms with Crippen LogP contribution in [0.5, 0.6) is 5.75 Å². The number of non-ortho nitro benzene ring substituents is 1. The lowest BCUT2D eigenvalue weighted by Crippen LogP contribution is -2.16. The zero-order chi connectivity index (χ0) is 22.3. The second-order valence-corrected chi connectivity index (χ2v) is 6.79. The number of methoxy groups -OCH3 is 1. The zero-order valence-electron chi connectivity index (χ0n) is 16.6. The Bertz CT molecular complexity index is 1370. The summed E-state index contributed by atoms with van der Waals surface area (Å²) in [5, 5.41) is 11.7. The predicted octanol–water partition coefficient (Wildman–Crippen LogP) is 3.91. The molecule has 0 bridgehead atoms. The monoisotopic (exact) mass is 419 g/mol. The smallest absolute Gasteiger partial charge is 0.298 e. The molecule has 0 saturated heterocycles. The molecule has 0 aliphatic carbocycles. The summed E-state index contributed by atoms with van der Waals surface area (Å²) >= 11 is 0. The number of amides is 1. The quantitative estimate of drug-likeness (QED) is 0.385. The Balaban J connectivity index is 1.83. The van der Waals surface area contributed by atoms with Crippen molar-refractivity contribution in [3.05, 3.63) is 81.7 Å². The van der Waals surface area contributed by atoms with Crippen molar-refractivity contribution in [3.8, 4) is 17.1 Å². The number of hydrogen-bond acceptors (Lipinski definition) is 6. The fourth-order valence-corrected chi connectivity index (χ4v) is 3.65. The van der Waals surface area contributed by atoms with Gasteiger partial charge in [-0.1, -0.05) is 18.2 Å². The first-order valence-electron chi connectivity index (χ1n) is 9.20. The molecule has 2 N–H and O–H groups in total. The van der Waals surface area contributed by atoms with Gasteiger partial charge in [-0.3, -0.25) is 24.3 Å². The second kappa shape index (κ2) is 7.45. The highest BCUT2D eigenvalue weighted by atomic mass is 16.6. The largest absolute Gasteiger partial charge is 0.496 e. The maximum absolute atomic E-state index is 13.3. The van der Waals surface area contributed by atoms with E-state index in [9.17, 15) is 19.7 Å². The number of para-hydroxylation sites is 1. The first-order valence-corrected chi connectivity index (χ1v) is 9.20. The minimum atomic E-state index is -0.637. The van der Waals surface area contributed by atoms with E-state index in [1.807, 2.05) is 0 Å². The van der Waals surface area contributed by atoms with Crippen LogP contribution in [0, 0.1) is 17.0 Å². The van der Waals surface area contributed by atoms with Crippen molar-refractivity contribution < 1.29 is 23.7 Å². The van der Waals surface area contributed by atoms with E-state index in [0.717, 1.165) is 0 Å². The molecule has 156 valence electrons. The van der Waals surface area contributed by atoms with Crippen LogP contribution < -0.4 is 10.5 Å². The van der Waals surface area contributed by atoms with E-state index in [-0.39, 0.29) is 22.8 Å². The summed E-state index contributed by atoms with van der Waals surface area (Å²) in [4.78, 5) is 35.8. The number of nitro benzene ring substituents is 1. The molecule has 9 heteroatoms. The van der Waals surface area contributed by atoms with Gasteiger partial charge >= 0.3 is 0 Å². The zero-order valence-corrected chi connectivity index (χ0v) is 16.6. The first-order chi connectivity index (χ1) is 14.8. The molecule has 31 heavy (non-hydrogen) atoms. The van der Waals surface area contributed by atoms with Crippen LogP contribution >= 0.6 is 0 Å². The van der Waals surface area contributed by atoms with Crippen LogP contribution in [-0.4, -0.2) is 28.4 Å². The van der Waals surface area contributed by atoms with Gasteiger partial charge in [0.05, 0.1) is 28.7 Å². The predicted molar refractivity (Wildman–Crippen MR) is 112 cm³/mol. The number of hydrogen-bond donors (Lipinski definition) is 1. The van der Waals surface area contributed by atoms with Gasteiger partial charge < -0.3 is 14.9 Å². The van der Waals surface area contributed by atoms with Crippen molar-refractivity contribution in [2.24, 2.45) is 5.73 Å². The molecule has 0 aliphatic heterocycles. The fourth-order valence-electron chi connectivity index (χ4n) is 3.65. The molecule has 2 heterocycles. The third-order valence-electron chi connectivity index (χ3n) is 5.04. The number of rotatable bonds is 5. The molecule has 0 atom stereocenters. The molecule has 4 aromatic rings. The SMILES string of the molecule is COc1ccc([N+](=O)[O-])cc1-c1ccc(C(=O)n2c(C)c(C(N)=O)c3ccccc32)o1. The lowest BCUT2D eigenvalue weighted by molar-refractivity contribution is -0.384. The van der Waals surface area contributed by atoms with Crippen molar-refractivity contribution in [2.75, 3.05) is 7.11 Å². The summed E-state index contributed by atoms with van der Waals surface area (Å²) in [6.45, 7) is 1.63. The first kappa shape index (κ1) is 19.9. The lowest BCUT2D eigenvalue weighted by atomic mass is 10.1. The number of carbonyl (C=O) groups excluding carboxylic acids is 2. The van der Waals surface area contributed by atoms with Gasteiger partial charge in [0.25, 0.3) is 17.5 Å². The maximum Gasteiger partial charge on any atom is 0.298 e. The van der Waals surface area contributed by atoms with Crippen LogP contribution in [0.3, 0.4) is 0 Å². The molecule has 0 saturated carbocycles. The van der Waals surface area contributed by atoms with Gasteiger partial charge in [-0.15, -0.1) is 0 Å². The summed E-state index contributed by atoms with van der Waals surface area (Å²) in [5.41, 5.74) is 6.89. The van der Waals surface area contributed by atoms with Gasteiger partial charge in [0, 0.05) is 23.2 Å².